The van der Waals surface area contributed by atoms with Crippen molar-refractivity contribution in [3.05, 3.63) is 52.1 Å². The summed E-state index contributed by atoms with van der Waals surface area (Å²) in [7, 11) is 0. The van der Waals surface area contributed by atoms with Gasteiger partial charge in [-0.2, -0.15) is 0 Å². The topological polar surface area (TPSA) is 43.1 Å². The SMILES string of the molecule is C#Cc1ccc([N+](=O)[O-])c2ccccc12. The van der Waals surface area contributed by atoms with Crippen molar-refractivity contribution in [2.45, 2.75) is 0 Å². The fourth-order valence-electron chi connectivity index (χ4n) is 1.57. The molecule has 3 nitrogen and oxygen atoms in total. The first-order chi connectivity index (χ1) is 7.24. The van der Waals surface area contributed by atoms with Crippen LogP contribution in [0.2, 0.25) is 0 Å². The van der Waals surface area contributed by atoms with Gasteiger partial charge in [0.2, 0.25) is 0 Å². The standard InChI is InChI=1S/C12H7NO2/c1-2-9-7-8-12(13(14)15)11-6-4-3-5-10(9)11/h1,3-8H. The maximum Gasteiger partial charge on any atom is 0.277 e. The molecule has 2 aromatic carbocycles. The molecule has 0 aromatic heterocycles. The second kappa shape index (κ2) is 3.43. The van der Waals surface area contributed by atoms with Crippen molar-refractivity contribution in [1.82, 2.24) is 0 Å². The lowest BCUT2D eigenvalue weighted by molar-refractivity contribution is -0.383. The summed E-state index contributed by atoms with van der Waals surface area (Å²) >= 11 is 0. The Hall–Kier alpha value is -2.34. The minimum Gasteiger partial charge on any atom is -0.258 e. The summed E-state index contributed by atoms with van der Waals surface area (Å²) < 4.78 is 0. The Morgan fingerprint density at radius 1 is 1.13 bits per heavy atom. The molecule has 72 valence electrons. The maximum atomic E-state index is 10.8. The lowest BCUT2D eigenvalue weighted by Crippen LogP contribution is -1.90. The number of nitro benzene ring substituents is 1. The number of terminal acetylenes is 1. The van der Waals surface area contributed by atoms with Crippen LogP contribution in [0.25, 0.3) is 10.8 Å². The van der Waals surface area contributed by atoms with Crippen LogP contribution in [0.1, 0.15) is 5.56 Å². The van der Waals surface area contributed by atoms with Gasteiger partial charge < -0.3 is 0 Å². The highest BCUT2D eigenvalue weighted by atomic mass is 16.6. The van der Waals surface area contributed by atoms with Gasteiger partial charge in [0, 0.05) is 17.0 Å². The molecule has 0 saturated heterocycles. The molecule has 0 aliphatic heterocycles. The number of benzene rings is 2. The summed E-state index contributed by atoms with van der Waals surface area (Å²) in [4.78, 5) is 10.4. The Morgan fingerprint density at radius 3 is 2.40 bits per heavy atom. The van der Waals surface area contributed by atoms with Crippen LogP contribution in [-0.4, -0.2) is 4.92 Å². The molecular weight excluding hydrogens is 190 g/mol. The van der Waals surface area contributed by atoms with Gasteiger partial charge in [-0.25, -0.2) is 0 Å². The van der Waals surface area contributed by atoms with Gasteiger partial charge in [-0.1, -0.05) is 24.1 Å². The summed E-state index contributed by atoms with van der Waals surface area (Å²) in [6, 6.07) is 10.1. The molecule has 0 radical (unpaired) electrons. The molecule has 15 heavy (non-hydrogen) atoms. The van der Waals surface area contributed by atoms with E-state index in [0.717, 1.165) is 5.39 Å². The van der Waals surface area contributed by atoms with Crippen molar-refractivity contribution in [3.63, 3.8) is 0 Å². The molecule has 0 N–H and O–H groups in total. The molecule has 0 atom stereocenters. The van der Waals surface area contributed by atoms with E-state index in [1.807, 2.05) is 6.07 Å². The van der Waals surface area contributed by atoms with E-state index < -0.39 is 4.92 Å². The molecule has 0 amide bonds. The minimum absolute atomic E-state index is 0.0876. The van der Waals surface area contributed by atoms with E-state index >= 15 is 0 Å². The van der Waals surface area contributed by atoms with E-state index in [0.29, 0.717) is 10.9 Å². The molecule has 0 fully saturated rings. The van der Waals surface area contributed by atoms with Crippen LogP contribution in [0.5, 0.6) is 0 Å². The van der Waals surface area contributed by atoms with Gasteiger partial charge in [0.1, 0.15) is 0 Å². The zero-order valence-electron chi connectivity index (χ0n) is 7.81. The fourth-order valence-corrected chi connectivity index (χ4v) is 1.57. The molecule has 0 saturated carbocycles. The summed E-state index contributed by atoms with van der Waals surface area (Å²) in [5.41, 5.74) is 0.765. The number of rotatable bonds is 1. The Balaban J connectivity index is 2.91. The molecule has 0 heterocycles. The first kappa shape index (κ1) is 9.22. The normalized spacial score (nSPS) is 9.80. The van der Waals surface area contributed by atoms with Crippen LogP contribution >= 0.6 is 0 Å². The second-order valence-electron chi connectivity index (χ2n) is 3.08. The van der Waals surface area contributed by atoms with E-state index in [4.69, 9.17) is 6.42 Å². The van der Waals surface area contributed by atoms with Gasteiger partial charge in [-0.15, -0.1) is 6.42 Å². The van der Waals surface area contributed by atoms with Crippen molar-refractivity contribution in [3.8, 4) is 12.3 Å². The predicted molar refractivity (Wildman–Crippen MR) is 58.5 cm³/mol. The van der Waals surface area contributed by atoms with Crippen molar-refractivity contribution < 1.29 is 4.92 Å². The minimum atomic E-state index is -0.400. The Kier molecular flexibility index (Phi) is 2.11. The smallest absolute Gasteiger partial charge is 0.258 e. The van der Waals surface area contributed by atoms with Gasteiger partial charge in [-0.3, -0.25) is 10.1 Å². The molecule has 3 heteroatoms. The summed E-state index contributed by atoms with van der Waals surface area (Å²) in [6.07, 6.45) is 5.32. The molecule has 0 bridgehead atoms. The van der Waals surface area contributed by atoms with Crippen LogP contribution in [0, 0.1) is 22.5 Å². The van der Waals surface area contributed by atoms with Crippen LogP contribution in [0.4, 0.5) is 5.69 Å². The first-order valence-corrected chi connectivity index (χ1v) is 4.37. The van der Waals surface area contributed by atoms with Crippen molar-refractivity contribution in [2.24, 2.45) is 0 Å². The zero-order chi connectivity index (χ0) is 10.8. The zero-order valence-corrected chi connectivity index (χ0v) is 7.81. The lowest BCUT2D eigenvalue weighted by Gasteiger charge is -2.01. The quantitative estimate of drug-likeness (QED) is 0.400. The Morgan fingerprint density at radius 2 is 1.80 bits per heavy atom. The van der Waals surface area contributed by atoms with E-state index in [-0.39, 0.29) is 5.69 Å². The maximum absolute atomic E-state index is 10.8. The molecule has 2 aromatic rings. The second-order valence-corrected chi connectivity index (χ2v) is 3.08. The molecule has 0 spiro atoms. The van der Waals surface area contributed by atoms with Gasteiger partial charge >= 0.3 is 0 Å². The first-order valence-electron chi connectivity index (χ1n) is 4.37. The Labute approximate surface area is 86.5 Å². The van der Waals surface area contributed by atoms with E-state index in [1.54, 1.807) is 24.3 Å². The van der Waals surface area contributed by atoms with Gasteiger partial charge in [0.15, 0.2) is 0 Å². The highest BCUT2D eigenvalue weighted by Gasteiger charge is 2.12. The van der Waals surface area contributed by atoms with Gasteiger partial charge in [-0.05, 0) is 12.1 Å². The van der Waals surface area contributed by atoms with Crippen molar-refractivity contribution >= 4 is 16.5 Å². The van der Waals surface area contributed by atoms with Crippen LogP contribution < -0.4 is 0 Å². The number of nitro groups is 1. The number of hydrogen-bond donors (Lipinski definition) is 0. The third kappa shape index (κ3) is 1.42. The number of hydrogen-bond acceptors (Lipinski definition) is 2. The van der Waals surface area contributed by atoms with Crippen LogP contribution in [-0.2, 0) is 0 Å². The molecule has 0 aliphatic carbocycles. The third-order valence-corrected chi connectivity index (χ3v) is 2.25. The largest absolute Gasteiger partial charge is 0.277 e. The summed E-state index contributed by atoms with van der Waals surface area (Å²) in [5.74, 6) is 2.51. The summed E-state index contributed by atoms with van der Waals surface area (Å²) in [6.45, 7) is 0. The van der Waals surface area contributed by atoms with Gasteiger partial charge in [0.05, 0.1) is 10.3 Å². The van der Waals surface area contributed by atoms with E-state index in [1.165, 1.54) is 6.07 Å². The molecule has 0 aliphatic rings. The van der Waals surface area contributed by atoms with Crippen molar-refractivity contribution in [1.29, 1.82) is 0 Å². The molecule has 2 rings (SSSR count). The van der Waals surface area contributed by atoms with E-state index in [9.17, 15) is 10.1 Å². The molecule has 0 unspecified atom stereocenters. The lowest BCUT2D eigenvalue weighted by atomic mass is 10.0. The average molecular weight is 197 g/mol. The van der Waals surface area contributed by atoms with Crippen LogP contribution in [0.3, 0.4) is 0 Å². The molecular formula is C12H7NO2. The average Bonchev–Trinajstić information content (AvgIpc) is 2.27. The predicted octanol–water partition coefficient (Wildman–Crippen LogP) is 2.73. The van der Waals surface area contributed by atoms with Crippen LogP contribution in [0.15, 0.2) is 36.4 Å². The van der Waals surface area contributed by atoms with Crippen molar-refractivity contribution in [2.75, 3.05) is 0 Å². The third-order valence-electron chi connectivity index (χ3n) is 2.25. The van der Waals surface area contributed by atoms with E-state index in [2.05, 4.69) is 5.92 Å². The highest BCUT2D eigenvalue weighted by molar-refractivity contribution is 5.94. The monoisotopic (exact) mass is 197 g/mol. The summed E-state index contributed by atoms with van der Waals surface area (Å²) in [5, 5.41) is 12.1. The number of nitrogens with zero attached hydrogens (tertiary/aromatic N) is 1. The fraction of sp³-hybridized carbons (Fsp3) is 0. The highest BCUT2D eigenvalue weighted by Crippen LogP contribution is 2.27. The Bertz CT molecular complexity index is 582. The number of non-ortho nitro benzene ring substituents is 1. The van der Waals surface area contributed by atoms with Gasteiger partial charge in [0.25, 0.3) is 5.69 Å². The number of fused-ring (bicyclic) bond motifs is 1.